The summed E-state index contributed by atoms with van der Waals surface area (Å²) < 4.78 is 0. The minimum atomic E-state index is -0.0504. The summed E-state index contributed by atoms with van der Waals surface area (Å²) in [6, 6.07) is 34.5. The second-order valence-corrected chi connectivity index (χ2v) is 11.0. The molecular formula is C32H32N2OS. The molecule has 3 heterocycles. The Morgan fingerprint density at radius 2 is 1.53 bits per heavy atom. The predicted octanol–water partition coefficient (Wildman–Crippen LogP) is 6.87. The molecule has 4 atom stereocenters. The number of thiophene rings is 1. The fraction of sp³-hybridized carbons (Fsp3) is 0.281. The fourth-order valence-electron chi connectivity index (χ4n) is 6.20. The van der Waals surface area contributed by atoms with E-state index in [-0.39, 0.29) is 17.9 Å². The van der Waals surface area contributed by atoms with Crippen LogP contribution in [0.1, 0.15) is 47.4 Å². The van der Waals surface area contributed by atoms with Crippen molar-refractivity contribution in [2.45, 2.75) is 30.7 Å². The number of carbonyl (C=O) groups is 1. The molecule has 2 aliphatic heterocycles. The number of likely N-dealkylation sites (tertiary alicyclic amines) is 1. The van der Waals surface area contributed by atoms with Crippen molar-refractivity contribution in [2.75, 3.05) is 19.6 Å². The molecule has 0 spiro atoms. The van der Waals surface area contributed by atoms with Crippen LogP contribution in [-0.4, -0.2) is 30.4 Å². The van der Waals surface area contributed by atoms with Gasteiger partial charge in [0.25, 0.3) is 0 Å². The van der Waals surface area contributed by atoms with E-state index in [1.54, 1.807) is 11.3 Å². The fourth-order valence-corrected chi connectivity index (χ4v) is 6.98. The normalized spacial score (nSPS) is 24.1. The van der Waals surface area contributed by atoms with Crippen LogP contribution in [0.2, 0.25) is 0 Å². The highest BCUT2D eigenvalue weighted by Crippen LogP contribution is 2.43. The van der Waals surface area contributed by atoms with Gasteiger partial charge in [0.05, 0.1) is 12.0 Å². The van der Waals surface area contributed by atoms with E-state index in [4.69, 9.17) is 0 Å². The summed E-state index contributed by atoms with van der Waals surface area (Å²) in [4.78, 5) is 17.8. The molecule has 1 amide bonds. The van der Waals surface area contributed by atoms with Gasteiger partial charge >= 0.3 is 0 Å². The van der Waals surface area contributed by atoms with Crippen molar-refractivity contribution in [1.82, 2.24) is 10.2 Å². The number of hydrogen-bond donors (Lipinski definition) is 1. The molecule has 36 heavy (non-hydrogen) atoms. The van der Waals surface area contributed by atoms with Gasteiger partial charge in [0.15, 0.2) is 0 Å². The third-order valence-corrected chi connectivity index (χ3v) is 8.92. The van der Waals surface area contributed by atoms with E-state index in [1.807, 2.05) is 0 Å². The Morgan fingerprint density at radius 1 is 0.806 bits per heavy atom. The highest BCUT2D eigenvalue weighted by atomic mass is 32.1. The average Bonchev–Trinajstić information content (AvgIpc) is 3.66. The maximum Gasteiger partial charge on any atom is 0.228 e. The summed E-state index contributed by atoms with van der Waals surface area (Å²) in [6.45, 7) is 2.38. The molecule has 182 valence electrons. The van der Waals surface area contributed by atoms with E-state index >= 15 is 0 Å². The maximum atomic E-state index is 14.3. The molecule has 0 saturated carbocycles. The summed E-state index contributed by atoms with van der Waals surface area (Å²) in [5.74, 6) is 0.897. The quantitative estimate of drug-likeness (QED) is 0.330. The zero-order chi connectivity index (χ0) is 24.3. The molecule has 2 saturated heterocycles. The monoisotopic (exact) mass is 492 g/mol. The van der Waals surface area contributed by atoms with E-state index in [1.165, 1.54) is 27.1 Å². The molecule has 0 aliphatic carbocycles. The second-order valence-electron chi connectivity index (χ2n) is 10.0. The summed E-state index contributed by atoms with van der Waals surface area (Å²) >= 11 is 1.77. The van der Waals surface area contributed by atoms with Gasteiger partial charge in [-0.2, -0.15) is 0 Å². The molecule has 3 nitrogen and oxygen atoms in total. The molecule has 1 aromatic heterocycles. The molecule has 0 radical (unpaired) electrons. The number of nitrogens with zero attached hydrogens (tertiary/aromatic N) is 1. The number of carbonyl (C=O) groups excluding carboxylic acids is 1. The molecule has 2 aliphatic rings. The van der Waals surface area contributed by atoms with Gasteiger partial charge in [-0.1, -0.05) is 91.0 Å². The Labute approximate surface area is 217 Å². The van der Waals surface area contributed by atoms with Crippen LogP contribution < -0.4 is 5.32 Å². The molecule has 6 rings (SSSR count). The van der Waals surface area contributed by atoms with Crippen LogP contribution in [0.4, 0.5) is 0 Å². The Hall–Kier alpha value is -3.21. The molecule has 4 aromatic rings. The van der Waals surface area contributed by atoms with Crippen LogP contribution in [0.15, 0.2) is 102 Å². The minimum Gasteiger partial charge on any atom is -0.335 e. The number of amides is 1. The van der Waals surface area contributed by atoms with Crippen molar-refractivity contribution >= 4 is 17.2 Å². The third kappa shape index (κ3) is 4.52. The Bertz CT molecular complexity index is 1290. The first kappa shape index (κ1) is 23.2. The van der Waals surface area contributed by atoms with Gasteiger partial charge in [-0.15, -0.1) is 11.3 Å². The Balaban J connectivity index is 1.30. The Morgan fingerprint density at radius 3 is 2.28 bits per heavy atom. The first-order valence-corrected chi connectivity index (χ1v) is 13.9. The van der Waals surface area contributed by atoms with Crippen LogP contribution in [0.25, 0.3) is 10.4 Å². The average molecular weight is 493 g/mol. The van der Waals surface area contributed by atoms with Gasteiger partial charge in [0.1, 0.15) is 0 Å². The summed E-state index contributed by atoms with van der Waals surface area (Å²) in [5, 5.41) is 5.69. The van der Waals surface area contributed by atoms with Crippen molar-refractivity contribution in [3.8, 4) is 10.4 Å². The first-order valence-electron chi connectivity index (χ1n) is 13.0. The highest BCUT2D eigenvalue weighted by molar-refractivity contribution is 7.13. The standard InChI is InChI=1S/C32H32N2OS/c35-32(29-22-33-21-28(29)26-14-7-8-15-27(26)31-16-9-19-36-31)34-18-17-25(23-10-3-1-4-11-23)20-30(34)24-12-5-2-6-13-24/h1-16,19,25,28-30,33H,17-18,20-22H2/t25-,28-,29+,30-/m0/s1. The molecular weight excluding hydrogens is 460 g/mol. The van der Waals surface area contributed by atoms with Crippen molar-refractivity contribution in [3.63, 3.8) is 0 Å². The Kier molecular flexibility index (Phi) is 6.71. The highest BCUT2D eigenvalue weighted by Gasteiger charge is 2.41. The van der Waals surface area contributed by atoms with Gasteiger partial charge in [0, 0.05) is 30.4 Å². The minimum absolute atomic E-state index is 0.0504. The smallest absolute Gasteiger partial charge is 0.228 e. The first-order chi connectivity index (χ1) is 17.8. The summed E-state index contributed by atoms with van der Waals surface area (Å²) in [6.07, 6.45) is 1.98. The zero-order valence-electron chi connectivity index (χ0n) is 20.4. The number of rotatable bonds is 5. The van der Waals surface area contributed by atoms with Crippen LogP contribution in [0, 0.1) is 5.92 Å². The topological polar surface area (TPSA) is 32.3 Å². The van der Waals surface area contributed by atoms with Gasteiger partial charge in [0.2, 0.25) is 5.91 Å². The van der Waals surface area contributed by atoms with Crippen LogP contribution in [0.3, 0.4) is 0 Å². The van der Waals surface area contributed by atoms with Gasteiger partial charge in [-0.3, -0.25) is 4.79 Å². The lowest BCUT2D eigenvalue weighted by Crippen LogP contribution is -2.45. The summed E-state index contributed by atoms with van der Waals surface area (Å²) in [7, 11) is 0. The van der Waals surface area contributed by atoms with Crippen molar-refractivity contribution in [3.05, 3.63) is 119 Å². The van der Waals surface area contributed by atoms with Crippen LogP contribution >= 0.6 is 11.3 Å². The number of piperidine rings is 1. The maximum absolute atomic E-state index is 14.3. The number of hydrogen-bond acceptors (Lipinski definition) is 3. The molecule has 1 N–H and O–H groups in total. The van der Waals surface area contributed by atoms with Crippen LogP contribution in [-0.2, 0) is 4.79 Å². The van der Waals surface area contributed by atoms with E-state index < -0.39 is 0 Å². The van der Waals surface area contributed by atoms with Gasteiger partial charge < -0.3 is 10.2 Å². The van der Waals surface area contributed by atoms with E-state index in [0.29, 0.717) is 11.8 Å². The zero-order valence-corrected chi connectivity index (χ0v) is 21.2. The number of nitrogens with one attached hydrogen (secondary N) is 1. The lowest BCUT2D eigenvalue weighted by Gasteiger charge is -2.42. The molecule has 4 heteroatoms. The van der Waals surface area contributed by atoms with Crippen molar-refractivity contribution in [1.29, 1.82) is 0 Å². The van der Waals surface area contributed by atoms with Gasteiger partial charge in [-0.25, -0.2) is 0 Å². The molecule has 0 bridgehead atoms. The van der Waals surface area contributed by atoms with Crippen molar-refractivity contribution in [2.24, 2.45) is 5.92 Å². The molecule has 0 unspecified atom stereocenters. The largest absolute Gasteiger partial charge is 0.335 e. The molecule has 2 fully saturated rings. The summed E-state index contributed by atoms with van der Waals surface area (Å²) in [5.41, 5.74) is 5.18. The van der Waals surface area contributed by atoms with Crippen LogP contribution in [0.5, 0.6) is 0 Å². The van der Waals surface area contributed by atoms with E-state index in [9.17, 15) is 4.79 Å². The lowest BCUT2D eigenvalue weighted by molar-refractivity contribution is -0.139. The SMILES string of the molecule is O=C([C@@H]1CNC[C@H]1c1ccccc1-c1cccs1)N1CC[C@H](c2ccccc2)C[C@H]1c1ccccc1. The third-order valence-electron chi connectivity index (χ3n) is 8.02. The van der Waals surface area contributed by atoms with Crippen molar-refractivity contribution < 1.29 is 4.79 Å². The lowest BCUT2D eigenvalue weighted by atomic mass is 9.80. The second kappa shape index (κ2) is 10.4. The van der Waals surface area contributed by atoms with E-state index in [0.717, 1.165) is 32.5 Å². The van der Waals surface area contributed by atoms with E-state index in [2.05, 4.69) is 113 Å². The number of benzene rings is 3. The van der Waals surface area contributed by atoms with Gasteiger partial charge in [-0.05, 0) is 52.5 Å². The predicted molar refractivity (Wildman–Crippen MR) is 148 cm³/mol. The molecule has 3 aromatic carbocycles.